The van der Waals surface area contributed by atoms with E-state index in [2.05, 4.69) is 0 Å². The van der Waals surface area contributed by atoms with Crippen molar-refractivity contribution in [1.29, 1.82) is 0 Å². The fourth-order valence-corrected chi connectivity index (χ4v) is 6.26. The molecule has 46 heavy (non-hydrogen) atoms. The van der Waals surface area contributed by atoms with Crippen molar-refractivity contribution < 1.29 is 53.4 Å². The van der Waals surface area contributed by atoms with Gasteiger partial charge in [-0.3, -0.25) is 14.4 Å². The van der Waals surface area contributed by atoms with Crippen LogP contribution in [0, 0.1) is 11.3 Å². The van der Waals surface area contributed by atoms with Crippen LogP contribution < -0.4 is 0 Å². The van der Waals surface area contributed by atoms with E-state index in [4.69, 9.17) is 18.9 Å². The molecule has 0 radical (unpaired) electrons. The molecule has 0 aromatic heterocycles. The summed E-state index contributed by atoms with van der Waals surface area (Å²) in [6.07, 6.45) is -2.17. The normalized spacial score (nSPS) is 29.5. The molecule has 0 spiro atoms. The van der Waals surface area contributed by atoms with Gasteiger partial charge in [-0.1, -0.05) is 50.3 Å². The second-order valence-electron chi connectivity index (χ2n) is 12.2. The lowest BCUT2D eigenvalue weighted by Crippen LogP contribution is -2.48. The van der Waals surface area contributed by atoms with Crippen molar-refractivity contribution in [2.75, 3.05) is 6.61 Å². The molecule has 3 N–H and O–H groups in total. The first kappa shape index (κ1) is 36.4. The van der Waals surface area contributed by atoms with Gasteiger partial charge < -0.3 is 34.3 Å². The highest BCUT2D eigenvalue weighted by atomic mass is 16.6. The fraction of sp³-hybridized carbons (Fsp3) is 0.486. The summed E-state index contributed by atoms with van der Waals surface area (Å²) < 4.78 is 22.8. The summed E-state index contributed by atoms with van der Waals surface area (Å²) in [6.45, 7) is 9.78. The second-order valence-corrected chi connectivity index (χ2v) is 12.2. The summed E-state index contributed by atoms with van der Waals surface area (Å²) >= 11 is 0. The van der Waals surface area contributed by atoms with E-state index >= 15 is 0 Å². The second kappa shape index (κ2) is 15.5. The Hall–Kier alpha value is -4.06. The highest BCUT2D eigenvalue weighted by Crippen LogP contribution is 2.51. The number of hydrogen-bond donors (Lipinski definition) is 3. The van der Waals surface area contributed by atoms with E-state index in [1.807, 2.05) is 32.0 Å². The van der Waals surface area contributed by atoms with E-state index in [0.717, 1.165) is 12.5 Å². The molecule has 2 aliphatic rings. The van der Waals surface area contributed by atoms with Crippen LogP contribution in [0.4, 0.5) is 0 Å². The van der Waals surface area contributed by atoms with Crippen LogP contribution in [0.5, 0.6) is 0 Å². The molecule has 1 aromatic rings. The first-order chi connectivity index (χ1) is 21.6. The van der Waals surface area contributed by atoms with Gasteiger partial charge in [0.25, 0.3) is 0 Å². The Morgan fingerprint density at radius 2 is 1.50 bits per heavy atom. The van der Waals surface area contributed by atoms with Crippen LogP contribution in [0.3, 0.4) is 0 Å². The van der Waals surface area contributed by atoms with Crippen molar-refractivity contribution in [2.45, 2.75) is 91.8 Å². The number of hydrogen-bond acceptors (Lipinski definition) is 11. The molecule has 0 amide bonds. The molecule has 0 saturated heterocycles. The number of carbonyl (C=O) groups excluding carboxylic acids is 4. The van der Waals surface area contributed by atoms with Gasteiger partial charge in [0, 0.05) is 39.2 Å². The van der Waals surface area contributed by atoms with Crippen molar-refractivity contribution >= 4 is 30.0 Å². The van der Waals surface area contributed by atoms with Crippen LogP contribution in [-0.4, -0.2) is 76.3 Å². The summed E-state index contributed by atoms with van der Waals surface area (Å²) in [5.74, 6) is -3.69. The first-order valence-electron chi connectivity index (χ1n) is 15.1. The number of carbonyl (C=O) groups is 4. The molecule has 250 valence electrons. The SMILES string of the molecule is CC(=O)O/C1=C(\C)[C@H](O)C[C@H](OC(=O)/C=C/c2ccccc2)/C(CO)=C/[C@H](O)[C@@H]2C[C@H](OC(C)=O)C(C)=C([C@H]1OC(C)=O)C2(C)C. The van der Waals surface area contributed by atoms with Gasteiger partial charge in [-0.05, 0) is 59.6 Å². The quantitative estimate of drug-likeness (QED) is 0.172. The average Bonchev–Trinajstić information content (AvgIpc) is 2.97. The van der Waals surface area contributed by atoms with Crippen molar-refractivity contribution in [1.82, 2.24) is 0 Å². The monoisotopic (exact) mass is 640 g/mol. The minimum Gasteiger partial charge on any atom is -0.458 e. The lowest BCUT2D eigenvalue weighted by Gasteiger charge is -2.48. The molecule has 11 nitrogen and oxygen atoms in total. The van der Waals surface area contributed by atoms with Crippen molar-refractivity contribution in [3.8, 4) is 0 Å². The zero-order valence-electron chi connectivity index (χ0n) is 27.3. The maximum Gasteiger partial charge on any atom is 0.331 e. The van der Waals surface area contributed by atoms with Gasteiger partial charge in [0.15, 0.2) is 11.9 Å². The molecule has 1 aromatic carbocycles. The summed E-state index contributed by atoms with van der Waals surface area (Å²) in [5.41, 5.74) is 0.914. The lowest BCUT2D eigenvalue weighted by atomic mass is 9.60. The third-order valence-corrected chi connectivity index (χ3v) is 8.53. The maximum absolute atomic E-state index is 13.0. The molecule has 3 rings (SSSR count). The van der Waals surface area contributed by atoms with Gasteiger partial charge in [0.05, 0.1) is 18.8 Å². The maximum atomic E-state index is 13.0. The average molecular weight is 641 g/mol. The molecule has 0 saturated carbocycles. The van der Waals surface area contributed by atoms with Crippen LogP contribution >= 0.6 is 0 Å². The van der Waals surface area contributed by atoms with E-state index in [1.54, 1.807) is 25.1 Å². The predicted molar refractivity (Wildman–Crippen MR) is 167 cm³/mol. The highest BCUT2D eigenvalue weighted by molar-refractivity contribution is 5.87. The highest BCUT2D eigenvalue weighted by Gasteiger charge is 2.50. The third-order valence-electron chi connectivity index (χ3n) is 8.53. The zero-order valence-corrected chi connectivity index (χ0v) is 27.3. The molecular weight excluding hydrogens is 596 g/mol. The smallest absolute Gasteiger partial charge is 0.331 e. The van der Waals surface area contributed by atoms with E-state index < -0.39 is 72.3 Å². The number of ether oxygens (including phenoxy) is 4. The Kier molecular flexibility index (Phi) is 12.3. The van der Waals surface area contributed by atoms with Gasteiger partial charge in [0.1, 0.15) is 12.2 Å². The number of aliphatic hydroxyl groups is 3. The number of fused-ring (bicyclic) bond motifs is 2. The van der Waals surface area contributed by atoms with Gasteiger partial charge in [0.2, 0.25) is 0 Å². The number of aliphatic hydroxyl groups excluding tert-OH is 3. The summed E-state index contributed by atoms with van der Waals surface area (Å²) in [5, 5.41) is 33.7. The molecule has 6 atom stereocenters. The molecule has 0 unspecified atom stereocenters. The topological polar surface area (TPSA) is 166 Å². The lowest BCUT2D eigenvalue weighted by molar-refractivity contribution is -0.152. The molecule has 2 bridgehead atoms. The Morgan fingerprint density at radius 1 is 0.870 bits per heavy atom. The summed E-state index contributed by atoms with van der Waals surface area (Å²) in [4.78, 5) is 50.1. The predicted octanol–water partition coefficient (Wildman–Crippen LogP) is 3.72. The Morgan fingerprint density at radius 3 is 2.07 bits per heavy atom. The molecule has 11 heteroatoms. The number of rotatable bonds is 7. The minimum atomic E-state index is -1.44. The third kappa shape index (κ3) is 8.80. The Balaban J connectivity index is 2.27. The van der Waals surface area contributed by atoms with Crippen molar-refractivity contribution in [3.63, 3.8) is 0 Å². The van der Waals surface area contributed by atoms with Crippen LogP contribution in [0.2, 0.25) is 0 Å². The molecule has 0 aliphatic heterocycles. The zero-order chi connectivity index (χ0) is 34.3. The molecule has 2 aliphatic carbocycles. The van der Waals surface area contributed by atoms with Gasteiger partial charge in [-0.15, -0.1) is 0 Å². The minimum absolute atomic E-state index is 0.1000. The largest absolute Gasteiger partial charge is 0.458 e. The van der Waals surface area contributed by atoms with E-state index in [1.165, 1.54) is 32.9 Å². The fourth-order valence-electron chi connectivity index (χ4n) is 6.26. The van der Waals surface area contributed by atoms with Crippen LogP contribution in [-0.2, 0) is 38.1 Å². The molecule has 0 fully saturated rings. The van der Waals surface area contributed by atoms with Gasteiger partial charge in [-0.25, -0.2) is 4.79 Å². The molecule has 0 heterocycles. The van der Waals surface area contributed by atoms with Crippen LogP contribution in [0.1, 0.15) is 66.9 Å². The van der Waals surface area contributed by atoms with E-state index in [0.29, 0.717) is 11.1 Å². The van der Waals surface area contributed by atoms with Gasteiger partial charge in [-0.2, -0.15) is 0 Å². The van der Waals surface area contributed by atoms with E-state index in [9.17, 15) is 34.5 Å². The Bertz CT molecular complexity index is 1430. The summed E-state index contributed by atoms with van der Waals surface area (Å²) in [6, 6.07) is 9.04. The van der Waals surface area contributed by atoms with Gasteiger partial charge >= 0.3 is 23.9 Å². The van der Waals surface area contributed by atoms with Crippen LogP contribution in [0.15, 0.2) is 70.5 Å². The van der Waals surface area contributed by atoms with Crippen LogP contribution in [0.25, 0.3) is 6.08 Å². The summed E-state index contributed by atoms with van der Waals surface area (Å²) in [7, 11) is 0. The van der Waals surface area contributed by atoms with E-state index in [-0.39, 0.29) is 29.7 Å². The standard InChI is InChI=1S/C35H44O11/c1-19-27(40)17-30(46-31(42)14-13-24-11-9-8-10-12-24)25(18-36)15-28(41)26-16-29(43-21(3)37)20(2)32(35(26,6)7)34(45-23(5)39)33(19)44-22(4)38/h8-15,26-30,34,36,40-41H,16-18H2,1-7H3/b14-13+,25-15+,33-19+/t26-,27+,28-,29-,30-,34+/m0/s1. The molecular formula is C35H44O11. The van der Waals surface area contributed by atoms with Crippen molar-refractivity contribution in [3.05, 3.63) is 76.1 Å². The number of esters is 4. The first-order valence-corrected chi connectivity index (χ1v) is 15.1. The number of benzene rings is 1. The Labute approximate surface area is 269 Å². The van der Waals surface area contributed by atoms with Crippen molar-refractivity contribution in [2.24, 2.45) is 11.3 Å².